The van der Waals surface area contributed by atoms with Crippen LogP contribution in [0.25, 0.3) is 0 Å². The third-order valence-corrected chi connectivity index (χ3v) is 2.24. The van der Waals surface area contributed by atoms with Gasteiger partial charge in [0.15, 0.2) is 0 Å². The summed E-state index contributed by atoms with van der Waals surface area (Å²) in [5.41, 5.74) is 0.257. The summed E-state index contributed by atoms with van der Waals surface area (Å²) in [6, 6.07) is 0. The van der Waals surface area contributed by atoms with Crippen molar-refractivity contribution < 1.29 is 4.42 Å². The van der Waals surface area contributed by atoms with Crippen LogP contribution in [-0.4, -0.2) is 11.9 Å². The molecule has 1 nitrogen and oxygen atoms in total. The maximum absolute atomic E-state index is 5.81. The summed E-state index contributed by atoms with van der Waals surface area (Å²) in [5.74, 6) is 1.05. The zero-order valence-corrected chi connectivity index (χ0v) is 8.55. The van der Waals surface area contributed by atoms with Gasteiger partial charge in [0.05, 0.1) is 12.3 Å². The van der Waals surface area contributed by atoms with Crippen LogP contribution in [0, 0.1) is 5.41 Å². The first-order valence-electron chi connectivity index (χ1n) is 4.67. The number of ketones is 1. The fourth-order valence-electron chi connectivity index (χ4n) is 1.43. The van der Waals surface area contributed by atoms with E-state index >= 15 is 0 Å². The number of rotatable bonds is 0. The van der Waals surface area contributed by atoms with E-state index in [9.17, 15) is 0 Å². The molecule has 1 atom stereocenters. The van der Waals surface area contributed by atoms with Gasteiger partial charge in [0.2, 0.25) is 0 Å². The molecule has 0 fully saturated rings. The fourth-order valence-corrected chi connectivity index (χ4v) is 1.43. The molecule has 0 amide bonds. The highest BCUT2D eigenvalue weighted by molar-refractivity contribution is 5.87. The molecule has 1 aliphatic heterocycles. The minimum absolute atomic E-state index is 0.257. The smallest absolute Gasteiger partial charge is 0.256 e. The molecule has 0 spiro atoms. The minimum Gasteiger partial charge on any atom is -0.256 e. The molecule has 0 aromatic carbocycles. The van der Waals surface area contributed by atoms with E-state index in [2.05, 4.69) is 32.9 Å². The van der Waals surface area contributed by atoms with Gasteiger partial charge in [-0.2, -0.15) is 0 Å². The summed E-state index contributed by atoms with van der Waals surface area (Å²) in [5, 5.41) is 0. The lowest BCUT2D eigenvalue weighted by atomic mass is 9.86. The Morgan fingerprint density at radius 1 is 1.42 bits per heavy atom. The van der Waals surface area contributed by atoms with Crippen molar-refractivity contribution in [2.24, 2.45) is 5.41 Å². The molecule has 0 N–H and O–H groups in total. The molecule has 0 aliphatic carbocycles. The van der Waals surface area contributed by atoms with Crippen molar-refractivity contribution in [1.29, 1.82) is 0 Å². The van der Waals surface area contributed by atoms with E-state index in [0.29, 0.717) is 6.10 Å². The van der Waals surface area contributed by atoms with E-state index in [-0.39, 0.29) is 5.41 Å². The van der Waals surface area contributed by atoms with Crippen molar-refractivity contribution in [3.05, 3.63) is 12.2 Å². The Labute approximate surface area is 75.2 Å². The molecule has 0 radical (unpaired) electrons. The zero-order valence-electron chi connectivity index (χ0n) is 8.55. The molecule has 0 aromatic heterocycles. The second-order valence-electron chi connectivity index (χ2n) is 4.56. The van der Waals surface area contributed by atoms with Crippen molar-refractivity contribution in [2.75, 3.05) is 0 Å². The molecule has 1 heterocycles. The van der Waals surface area contributed by atoms with Crippen molar-refractivity contribution >= 4 is 5.78 Å². The number of hydrogen-bond acceptors (Lipinski definition) is 0. The molecule has 68 valence electrons. The van der Waals surface area contributed by atoms with Crippen LogP contribution in [0.5, 0.6) is 0 Å². The van der Waals surface area contributed by atoms with Crippen LogP contribution >= 0.6 is 0 Å². The summed E-state index contributed by atoms with van der Waals surface area (Å²) >= 11 is 0. The number of carbonyl (C=O) groups excluding carboxylic acids is 1. The first-order chi connectivity index (χ1) is 5.50. The Kier molecular flexibility index (Phi) is 2.71. The van der Waals surface area contributed by atoms with Crippen molar-refractivity contribution in [3.63, 3.8) is 0 Å². The Hall–Kier alpha value is -0.590. The highest BCUT2D eigenvalue weighted by Gasteiger charge is 2.33. The third-order valence-electron chi connectivity index (χ3n) is 2.24. The first-order valence-corrected chi connectivity index (χ1v) is 4.67. The van der Waals surface area contributed by atoms with Crippen LogP contribution in [0.4, 0.5) is 0 Å². The molecule has 1 aliphatic rings. The van der Waals surface area contributed by atoms with E-state index in [1.165, 1.54) is 0 Å². The monoisotopic (exact) mass is 167 g/mol. The van der Waals surface area contributed by atoms with E-state index < -0.39 is 0 Å². The Morgan fingerprint density at radius 2 is 2.08 bits per heavy atom. The van der Waals surface area contributed by atoms with Crippen molar-refractivity contribution in [3.8, 4) is 0 Å². The van der Waals surface area contributed by atoms with Gasteiger partial charge in [-0.1, -0.05) is 26.8 Å². The van der Waals surface area contributed by atoms with Crippen LogP contribution in [0.3, 0.4) is 0 Å². The minimum atomic E-state index is 0.257. The van der Waals surface area contributed by atoms with Crippen LogP contribution in [0.1, 0.15) is 40.5 Å². The van der Waals surface area contributed by atoms with Crippen LogP contribution < -0.4 is 0 Å². The number of hydrogen-bond donors (Lipinski definition) is 0. The maximum Gasteiger partial charge on any atom is 0.316 e. The molecular weight excluding hydrogens is 148 g/mol. The van der Waals surface area contributed by atoms with Gasteiger partial charge in [-0.05, 0) is 6.42 Å². The van der Waals surface area contributed by atoms with E-state index in [0.717, 1.165) is 18.6 Å². The summed E-state index contributed by atoms with van der Waals surface area (Å²) in [4.78, 5) is 0. The normalized spacial score (nSPS) is 25.0. The highest BCUT2D eigenvalue weighted by Crippen LogP contribution is 2.25. The lowest BCUT2D eigenvalue weighted by Gasteiger charge is -2.17. The number of allylic oxidation sites excluding steroid dienone is 2. The molecule has 0 bridgehead atoms. The summed E-state index contributed by atoms with van der Waals surface area (Å²) in [6.45, 7) is 8.73. The first kappa shape index (κ1) is 9.50. The fraction of sp³-hybridized carbons (Fsp3) is 0.727. The van der Waals surface area contributed by atoms with Gasteiger partial charge in [0.1, 0.15) is 0 Å². The lowest BCUT2D eigenvalue weighted by molar-refractivity contribution is -0.522. The molecule has 0 saturated heterocycles. The van der Waals surface area contributed by atoms with Gasteiger partial charge >= 0.3 is 5.78 Å². The molecule has 0 aromatic rings. The summed E-state index contributed by atoms with van der Waals surface area (Å²) < 4.78 is 5.81. The van der Waals surface area contributed by atoms with E-state index in [4.69, 9.17) is 4.42 Å². The van der Waals surface area contributed by atoms with Gasteiger partial charge in [0.25, 0.3) is 6.10 Å². The summed E-state index contributed by atoms with van der Waals surface area (Å²) in [6.07, 6.45) is 6.91. The second-order valence-corrected chi connectivity index (χ2v) is 4.56. The Balaban J connectivity index is 2.75. The van der Waals surface area contributed by atoms with Crippen molar-refractivity contribution in [2.45, 2.75) is 46.6 Å². The molecule has 12 heavy (non-hydrogen) atoms. The predicted octanol–water partition coefficient (Wildman–Crippen LogP) is 2.88. The third kappa shape index (κ3) is 2.47. The zero-order chi connectivity index (χ0) is 9.19. The van der Waals surface area contributed by atoms with Gasteiger partial charge < -0.3 is 0 Å². The Morgan fingerprint density at radius 3 is 2.67 bits per heavy atom. The molecule has 1 rings (SSSR count). The largest absolute Gasteiger partial charge is 0.316 e. The van der Waals surface area contributed by atoms with Crippen LogP contribution in [0.2, 0.25) is 0 Å². The lowest BCUT2D eigenvalue weighted by Crippen LogP contribution is -2.27. The molecule has 0 saturated carbocycles. The molecule has 0 unspecified atom stereocenters. The topological polar surface area (TPSA) is 11.3 Å². The molecule has 1 heteroatoms. The van der Waals surface area contributed by atoms with Gasteiger partial charge in [-0.3, -0.25) is 4.42 Å². The average molecular weight is 167 g/mol. The van der Waals surface area contributed by atoms with Gasteiger partial charge in [-0.15, -0.1) is 0 Å². The average Bonchev–Trinajstić information content (AvgIpc) is 2.11. The maximum atomic E-state index is 5.81. The Bertz CT molecular complexity index is 206. The summed E-state index contributed by atoms with van der Waals surface area (Å²) in [7, 11) is 0. The van der Waals surface area contributed by atoms with Crippen LogP contribution in [-0.2, 0) is 4.42 Å². The van der Waals surface area contributed by atoms with Crippen molar-refractivity contribution in [1.82, 2.24) is 0 Å². The van der Waals surface area contributed by atoms with E-state index in [1.807, 2.05) is 6.92 Å². The predicted molar refractivity (Wildman–Crippen MR) is 52.3 cm³/mol. The standard InChI is InChI=1S/C11H19O/c1-9-7-5-6-8-10(12-9)11(2,3)4/h5,7,10H,6,8H2,1-4H3/q+1/t10-/m1/s1. The quantitative estimate of drug-likeness (QED) is 0.491. The highest BCUT2D eigenvalue weighted by atomic mass is 16.4. The van der Waals surface area contributed by atoms with Crippen LogP contribution in [0.15, 0.2) is 12.2 Å². The second kappa shape index (κ2) is 3.42. The van der Waals surface area contributed by atoms with Gasteiger partial charge in [0, 0.05) is 12.5 Å². The van der Waals surface area contributed by atoms with E-state index in [1.54, 1.807) is 0 Å². The van der Waals surface area contributed by atoms with Gasteiger partial charge in [-0.25, -0.2) is 0 Å². The molecular formula is C11H19O+. The SMILES string of the molecule is CC1=[O+][C@@H](C(C)(C)C)CCC=C1.